The summed E-state index contributed by atoms with van der Waals surface area (Å²) in [5.74, 6) is 0.148. The van der Waals surface area contributed by atoms with Crippen LogP contribution in [0.4, 0.5) is 5.69 Å². The number of nitrogens with one attached hydrogen (secondary N) is 1. The molecule has 0 fully saturated rings. The first-order chi connectivity index (χ1) is 11.8. The van der Waals surface area contributed by atoms with Gasteiger partial charge in [0, 0.05) is 10.7 Å². The van der Waals surface area contributed by atoms with Crippen molar-refractivity contribution >= 4 is 34.1 Å². The van der Waals surface area contributed by atoms with E-state index in [-0.39, 0.29) is 11.4 Å². The van der Waals surface area contributed by atoms with Crippen LogP contribution in [-0.2, 0) is 4.79 Å². The Morgan fingerprint density at radius 3 is 2.76 bits per heavy atom. The first kappa shape index (κ1) is 17.2. The fourth-order valence-corrected chi connectivity index (χ4v) is 2.82. The summed E-state index contributed by atoms with van der Waals surface area (Å²) in [4.78, 5) is 25.2. The van der Waals surface area contributed by atoms with E-state index in [1.807, 2.05) is 6.92 Å². The maximum absolute atomic E-state index is 12.6. The van der Waals surface area contributed by atoms with E-state index < -0.39 is 11.6 Å². The largest absolute Gasteiger partial charge is 0.360 e. The van der Waals surface area contributed by atoms with Crippen molar-refractivity contribution in [1.82, 2.24) is 14.9 Å². The van der Waals surface area contributed by atoms with Crippen LogP contribution >= 0.6 is 11.6 Å². The molecular formula is C17H17ClN4O3. The van der Waals surface area contributed by atoms with Gasteiger partial charge in [0.1, 0.15) is 11.8 Å². The second kappa shape index (κ2) is 6.33. The number of aromatic nitrogens is 3. The number of rotatable bonds is 3. The zero-order valence-electron chi connectivity index (χ0n) is 14.3. The number of aryl methyl sites for hydroxylation is 3. The Morgan fingerprint density at radius 2 is 2.04 bits per heavy atom. The van der Waals surface area contributed by atoms with Gasteiger partial charge in [-0.2, -0.15) is 5.10 Å². The monoisotopic (exact) mass is 360 g/mol. The van der Waals surface area contributed by atoms with Gasteiger partial charge in [0.15, 0.2) is 5.52 Å². The molecule has 1 aromatic carbocycles. The fourth-order valence-electron chi connectivity index (χ4n) is 2.65. The van der Waals surface area contributed by atoms with Gasteiger partial charge >= 0.3 is 0 Å². The first-order valence-electron chi connectivity index (χ1n) is 7.72. The number of hydrogen-bond donors (Lipinski definition) is 1. The summed E-state index contributed by atoms with van der Waals surface area (Å²) in [6, 6.07) is 4.38. The van der Waals surface area contributed by atoms with E-state index in [4.69, 9.17) is 16.1 Å². The summed E-state index contributed by atoms with van der Waals surface area (Å²) in [7, 11) is 0. The highest BCUT2D eigenvalue weighted by atomic mass is 35.5. The molecule has 2 heterocycles. The predicted molar refractivity (Wildman–Crippen MR) is 95.1 cm³/mol. The lowest BCUT2D eigenvalue weighted by Crippen LogP contribution is -2.34. The maximum atomic E-state index is 12.6. The van der Waals surface area contributed by atoms with E-state index in [2.05, 4.69) is 15.6 Å². The van der Waals surface area contributed by atoms with Crippen molar-refractivity contribution < 1.29 is 9.32 Å². The average Bonchev–Trinajstić information content (AvgIpc) is 2.96. The third-order valence-corrected chi connectivity index (χ3v) is 4.33. The van der Waals surface area contributed by atoms with Gasteiger partial charge in [0.2, 0.25) is 5.91 Å². The van der Waals surface area contributed by atoms with Crippen molar-refractivity contribution in [3.63, 3.8) is 0 Å². The van der Waals surface area contributed by atoms with Gasteiger partial charge in [-0.3, -0.25) is 9.59 Å². The molecule has 7 nitrogen and oxygen atoms in total. The van der Waals surface area contributed by atoms with Gasteiger partial charge < -0.3 is 9.84 Å². The summed E-state index contributed by atoms with van der Waals surface area (Å²) < 4.78 is 6.20. The molecule has 3 rings (SSSR count). The minimum atomic E-state index is -0.828. The molecule has 8 heteroatoms. The molecule has 0 aliphatic rings. The van der Waals surface area contributed by atoms with E-state index >= 15 is 0 Å². The number of nitrogens with zero attached hydrogens (tertiary/aromatic N) is 3. The Morgan fingerprint density at radius 1 is 1.32 bits per heavy atom. The SMILES string of the molecule is Cc1ccc(Cl)cc1NC(=O)[C@@H](C)n1nc(C)c2c(C)onc2c1=O. The fraction of sp³-hybridized carbons (Fsp3) is 0.294. The zero-order chi connectivity index (χ0) is 18.3. The molecule has 0 aliphatic heterocycles. The maximum Gasteiger partial charge on any atom is 0.297 e. The smallest absolute Gasteiger partial charge is 0.297 e. The molecule has 0 spiro atoms. The Labute approximate surface area is 148 Å². The third kappa shape index (κ3) is 3.02. The van der Waals surface area contributed by atoms with Crippen molar-refractivity contribution in [3.8, 4) is 0 Å². The van der Waals surface area contributed by atoms with Crippen molar-refractivity contribution in [2.75, 3.05) is 5.32 Å². The lowest BCUT2D eigenvalue weighted by molar-refractivity contribution is -0.119. The Balaban J connectivity index is 1.98. The molecule has 130 valence electrons. The molecule has 1 amide bonds. The number of hydrogen-bond acceptors (Lipinski definition) is 5. The molecule has 0 saturated heterocycles. The van der Waals surface area contributed by atoms with E-state index in [1.54, 1.807) is 39.0 Å². The molecule has 0 unspecified atom stereocenters. The highest BCUT2D eigenvalue weighted by Gasteiger charge is 2.22. The standard InChI is InChI=1S/C17H17ClN4O3/c1-8-5-6-12(18)7-13(8)19-16(23)10(3)22-17(24)15-14(9(2)20-22)11(4)25-21-15/h5-7,10H,1-4H3,(H,19,23)/t10-/m1/s1. The van der Waals surface area contributed by atoms with Gasteiger partial charge in [0.25, 0.3) is 5.56 Å². The Hall–Kier alpha value is -2.67. The number of fused-ring (bicyclic) bond motifs is 1. The Kier molecular flexibility index (Phi) is 4.34. The highest BCUT2D eigenvalue weighted by molar-refractivity contribution is 6.31. The van der Waals surface area contributed by atoms with Crippen molar-refractivity contribution in [3.05, 3.63) is 50.6 Å². The average molecular weight is 361 g/mol. The van der Waals surface area contributed by atoms with E-state index in [0.717, 1.165) is 10.2 Å². The van der Waals surface area contributed by atoms with Gasteiger partial charge in [-0.05, 0) is 45.4 Å². The number of amides is 1. The van der Waals surface area contributed by atoms with Crippen LogP contribution in [0.2, 0.25) is 5.02 Å². The highest BCUT2D eigenvalue weighted by Crippen LogP contribution is 2.22. The minimum Gasteiger partial charge on any atom is -0.360 e. The molecule has 3 aromatic rings. The van der Waals surface area contributed by atoms with Crippen molar-refractivity contribution in [2.45, 2.75) is 33.7 Å². The van der Waals surface area contributed by atoms with E-state index in [0.29, 0.717) is 27.6 Å². The lowest BCUT2D eigenvalue weighted by Gasteiger charge is -2.16. The van der Waals surface area contributed by atoms with Crippen LogP contribution in [0.1, 0.15) is 30.0 Å². The topological polar surface area (TPSA) is 90.0 Å². The zero-order valence-corrected chi connectivity index (χ0v) is 15.0. The normalized spacial score (nSPS) is 12.4. The summed E-state index contributed by atoms with van der Waals surface area (Å²) >= 11 is 5.97. The molecule has 0 saturated carbocycles. The van der Waals surface area contributed by atoms with E-state index in [1.165, 1.54) is 0 Å². The molecule has 0 aliphatic carbocycles. The minimum absolute atomic E-state index is 0.170. The Bertz CT molecular complexity index is 1040. The van der Waals surface area contributed by atoms with Crippen molar-refractivity contribution in [2.24, 2.45) is 0 Å². The second-order valence-electron chi connectivity index (χ2n) is 5.92. The summed E-state index contributed by atoms with van der Waals surface area (Å²) in [5.41, 5.74) is 1.73. The molecule has 0 bridgehead atoms. The summed E-state index contributed by atoms with van der Waals surface area (Å²) in [6.07, 6.45) is 0. The van der Waals surface area contributed by atoms with Crippen LogP contribution in [-0.4, -0.2) is 20.8 Å². The first-order valence-corrected chi connectivity index (χ1v) is 8.09. The number of anilines is 1. The molecule has 0 radical (unpaired) electrons. The van der Waals surface area contributed by atoms with Gasteiger partial charge in [0.05, 0.1) is 11.1 Å². The number of carbonyl (C=O) groups excluding carboxylic acids is 1. The quantitative estimate of drug-likeness (QED) is 0.774. The van der Waals surface area contributed by atoms with Crippen molar-refractivity contribution in [1.29, 1.82) is 0 Å². The third-order valence-electron chi connectivity index (χ3n) is 4.10. The van der Waals surface area contributed by atoms with Crippen LogP contribution in [0.5, 0.6) is 0 Å². The van der Waals surface area contributed by atoms with Gasteiger partial charge in [-0.25, -0.2) is 4.68 Å². The van der Waals surface area contributed by atoms with Crippen LogP contribution in [0.15, 0.2) is 27.5 Å². The molecule has 1 N–H and O–H groups in total. The molecule has 1 atom stereocenters. The van der Waals surface area contributed by atoms with Crippen LogP contribution < -0.4 is 10.9 Å². The van der Waals surface area contributed by atoms with Crippen LogP contribution in [0, 0.1) is 20.8 Å². The van der Waals surface area contributed by atoms with Crippen LogP contribution in [0.25, 0.3) is 10.9 Å². The number of carbonyl (C=O) groups is 1. The molecular weight excluding hydrogens is 344 g/mol. The van der Waals surface area contributed by atoms with Crippen LogP contribution in [0.3, 0.4) is 0 Å². The van der Waals surface area contributed by atoms with Gasteiger partial charge in [-0.15, -0.1) is 0 Å². The predicted octanol–water partition coefficient (Wildman–Crippen LogP) is 3.16. The van der Waals surface area contributed by atoms with E-state index in [9.17, 15) is 9.59 Å². The lowest BCUT2D eigenvalue weighted by atomic mass is 10.2. The molecule has 2 aromatic heterocycles. The summed E-state index contributed by atoms with van der Waals surface area (Å²) in [5, 5.41) is 11.9. The summed E-state index contributed by atoms with van der Waals surface area (Å²) in [6.45, 7) is 6.91. The molecule has 25 heavy (non-hydrogen) atoms. The van der Waals surface area contributed by atoms with Gasteiger partial charge in [-0.1, -0.05) is 22.8 Å². The number of halogens is 1. The number of benzene rings is 1. The second-order valence-corrected chi connectivity index (χ2v) is 6.36.